The Morgan fingerprint density at radius 1 is 1.24 bits per heavy atom. The van der Waals surface area contributed by atoms with Gasteiger partial charge in [0.25, 0.3) is 11.1 Å². The summed E-state index contributed by atoms with van der Waals surface area (Å²) in [6.07, 6.45) is 4.64. The fraction of sp³-hybridized carbons (Fsp3) is 0.353. The standard InChI is InChI=1S/C17H17FN2O4S/c18-13-9-12(19-6-2-1-3-7-19)5-4-11(13)8-14-16(23)20(10-15(21)22)17(24)25-14/h4-5,8-9H,1-3,6-7,10H2,(H,21,22)/b14-8+. The number of hydrogen-bond acceptors (Lipinski definition) is 5. The number of anilines is 1. The minimum atomic E-state index is -1.28. The molecular weight excluding hydrogens is 347 g/mol. The molecule has 8 heteroatoms. The number of piperidine rings is 1. The van der Waals surface area contributed by atoms with E-state index in [1.807, 2.05) is 0 Å². The first-order chi connectivity index (χ1) is 12.0. The topological polar surface area (TPSA) is 77.9 Å². The molecule has 1 N–H and O–H groups in total. The molecular formula is C17H17FN2O4S. The van der Waals surface area contributed by atoms with Crippen molar-refractivity contribution in [2.45, 2.75) is 19.3 Å². The number of carbonyl (C=O) groups excluding carboxylic acids is 2. The highest BCUT2D eigenvalue weighted by molar-refractivity contribution is 8.18. The second-order valence-corrected chi connectivity index (χ2v) is 6.91. The number of rotatable bonds is 4. The Labute approximate surface area is 148 Å². The third kappa shape index (κ3) is 3.84. The molecule has 0 aromatic heterocycles. The van der Waals surface area contributed by atoms with E-state index in [9.17, 15) is 18.8 Å². The Kier molecular flexibility index (Phi) is 5.08. The number of hydrogen-bond donors (Lipinski definition) is 1. The Balaban J connectivity index is 1.80. The molecule has 1 aromatic carbocycles. The van der Waals surface area contributed by atoms with Crippen LogP contribution >= 0.6 is 11.8 Å². The van der Waals surface area contributed by atoms with Gasteiger partial charge in [-0.15, -0.1) is 0 Å². The highest BCUT2D eigenvalue weighted by Gasteiger charge is 2.36. The molecule has 2 fully saturated rings. The lowest BCUT2D eigenvalue weighted by Gasteiger charge is -2.28. The summed E-state index contributed by atoms with van der Waals surface area (Å²) in [4.78, 5) is 37.3. The predicted octanol–water partition coefficient (Wildman–Crippen LogP) is 2.94. The average Bonchev–Trinajstić information content (AvgIpc) is 2.84. The van der Waals surface area contributed by atoms with Crippen molar-refractivity contribution in [1.82, 2.24) is 4.90 Å². The van der Waals surface area contributed by atoms with Gasteiger partial charge in [0.05, 0.1) is 4.91 Å². The van der Waals surface area contributed by atoms with Crippen LogP contribution in [0.25, 0.3) is 6.08 Å². The molecule has 0 spiro atoms. The summed E-state index contributed by atoms with van der Waals surface area (Å²) < 4.78 is 14.4. The van der Waals surface area contributed by atoms with Crippen LogP contribution in [0.2, 0.25) is 0 Å². The fourth-order valence-electron chi connectivity index (χ4n) is 2.89. The molecule has 0 aliphatic carbocycles. The van der Waals surface area contributed by atoms with Crippen LogP contribution < -0.4 is 4.90 Å². The maximum atomic E-state index is 14.4. The molecule has 25 heavy (non-hydrogen) atoms. The van der Waals surface area contributed by atoms with E-state index in [0.717, 1.165) is 31.6 Å². The van der Waals surface area contributed by atoms with Crippen LogP contribution in [0.4, 0.5) is 14.9 Å². The minimum Gasteiger partial charge on any atom is -0.480 e. The zero-order valence-electron chi connectivity index (χ0n) is 13.4. The van der Waals surface area contributed by atoms with E-state index in [4.69, 9.17) is 5.11 Å². The molecule has 0 atom stereocenters. The third-order valence-corrected chi connectivity index (χ3v) is 5.07. The number of carbonyl (C=O) groups is 3. The lowest BCUT2D eigenvalue weighted by molar-refractivity contribution is -0.140. The predicted molar refractivity (Wildman–Crippen MR) is 92.8 cm³/mol. The Hall–Kier alpha value is -2.35. The van der Waals surface area contributed by atoms with Crippen molar-refractivity contribution in [1.29, 1.82) is 0 Å². The Morgan fingerprint density at radius 3 is 2.60 bits per heavy atom. The number of amides is 2. The van der Waals surface area contributed by atoms with Crippen molar-refractivity contribution >= 4 is 40.6 Å². The van der Waals surface area contributed by atoms with Crippen molar-refractivity contribution in [3.05, 3.63) is 34.5 Å². The zero-order valence-corrected chi connectivity index (χ0v) is 14.2. The number of carboxylic acids is 1. The molecule has 2 aliphatic rings. The van der Waals surface area contributed by atoms with E-state index in [-0.39, 0.29) is 10.5 Å². The fourth-order valence-corrected chi connectivity index (χ4v) is 3.72. The van der Waals surface area contributed by atoms with Gasteiger partial charge >= 0.3 is 5.97 Å². The third-order valence-electron chi connectivity index (χ3n) is 4.16. The summed E-state index contributed by atoms with van der Waals surface area (Å²) in [7, 11) is 0. The Bertz CT molecular complexity index is 759. The maximum Gasteiger partial charge on any atom is 0.323 e. The van der Waals surface area contributed by atoms with Gasteiger partial charge in [-0.1, -0.05) is 0 Å². The number of aliphatic carboxylic acids is 1. The smallest absolute Gasteiger partial charge is 0.323 e. The molecule has 2 saturated heterocycles. The number of imide groups is 1. The van der Waals surface area contributed by atoms with Gasteiger partial charge < -0.3 is 10.0 Å². The second kappa shape index (κ2) is 7.26. The molecule has 1 aromatic rings. The van der Waals surface area contributed by atoms with Crippen LogP contribution in [0.1, 0.15) is 24.8 Å². The van der Waals surface area contributed by atoms with Crippen LogP contribution in [-0.2, 0) is 9.59 Å². The van der Waals surface area contributed by atoms with E-state index in [1.54, 1.807) is 12.1 Å². The Morgan fingerprint density at radius 2 is 1.96 bits per heavy atom. The van der Waals surface area contributed by atoms with Gasteiger partial charge in [0.15, 0.2) is 0 Å². The first-order valence-corrected chi connectivity index (χ1v) is 8.79. The normalized spacial score (nSPS) is 19.8. The van der Waals surface area contributed by atoms with Crippen LogP contribution in [0.3, 0.4) is 0 Å². The summed E-state index contributed by atoms with van der Waals surface area (Å²) in [5, 5.41) is 8.08. The van der Waals surface area contributed by atoms with Gasteiger partial charge in [0, 0.05) is 24.3 Å². The molecule has 0 bridgehead atoms. The second-order valence-electron chi connectivity index (χ2n) is 5.92. The number of benzene rings is 1. The van der Waals surface area contributed by atoms with Crippen LogP contribution in [0, 0.1) is 5.82 Å². The summed E-state index contributed by atoms with van der Waals surface area (Å²) in [5.74, 6) is -2.47. The lowest BCUT2D eigenvalue weighted by Crippen LogP contribution is -2.33. The van der Waals surface area contributed by atoms with Crippen molar-refractivity contribution in [3.8, 4) is 0 Å². The quantitative estimate of drug-likeness (QED) is 0.828. The summed E-state index contributed by atoms with van der Waals surface area (Å²) in [6.45, 7) is 1.10. The molecule has 3 rings (SSSR count). The van der Waals surface area contributed by atoms with E-state index in [1.165, 1.54) is 18.6 Å². The van der Waals surface area contributed by atoms with E-state index < -0.39 is 29.5 Å². The minimum absolute atomic E-state index is 0.0240. The molecule has 2 aliphatic heterocycles. The van der Waals surface area contributed by atoms with Crippen molar-refractivity contribution < 1.29 is 23.9 Å². The number of halogens is 1. The largest absolute Gasteiger partial charge is 0.480 e. The molecule has 0 unspecified atom stereocenters. The van der Waals surface area contributed by atoms with Gasteiger partial charge in [-0.25, -0.2) is 4.39 Å². The average molecular weight is 364 g/mol. The molecule has 2 amide bonds. The summed E-state index contributed by atoms with van der Waals surface area (Å²) >= 11 is 0.618. The van der Waals surface area contributed by atoms with Gasteiger partial charge in [-0.3, -0.25) is 19.3 Å². The van der Waals surface area contributed by atoms with E-state index in [2.05, 4.69) is 4.90 Å². The van der Waals surface area contributed by atoms with Gasteiger partial charge in [0.1, 0.15) is 12.4 Å². The highest BCUT2D eigenvalue weighted by atomic mass is 32.2. The van der Waals surface area contributed by atoms with Crippen molar-refractivity contribution in [2.24, 2.45) is 0 Å². The molecule has 6 nitrogen and oxygen atoms in total. The molecule has 0 saturated carbocycles. The molecule has 2 heterocycles. The maximum absolute atomic E-state index is 14.4. The lowest BCUT2D eigenvalue weighted by atomic mass is 10.1. The van der Waals surface area contributed by atoms with E-state index >= 15 is 0 Å². The number of thioether (sulfide) groups is 1. The van der Waals surface area contributed by atoms with Crippen molar-refractivity contribution in [3.63, 3.8) is 0 Å². The van der Waals surface area contributed by atoms with Gasteiger partial charge in [0.2, 0.25) is 0 Å². The first-order valence-electron chi connectivity index (χ1n) is 7.97. The van der Waals surface area contributed by atoms with Gasteiger partial charge in [-0.05, 0) is 55.3 Å². The monoisotopic (exact) mass is 364 g/mol. The van der Waals surface area contributed by atoms with Gasteiger partial charge in [-0.2, -0.15) is 0 Å². The molecule has 132 valence electrons. The first kappa shape index (κ1) is 17.5. The zero-order chi connectivity index (χ0) is 18.0. The summed E-state index contributed by atoms with van der Waals surface area (Å²) in [5.41, 5.74) is 0.995. The summed E-state index contributed by atoms with van der Waals surface area (Å²) in [6, 6.07) is 4.80. The van der Waals surface area contributed by atoms with Crippen LogP contribution in [0.15, 0.2) is 23.1 Å². The van der Waals surface area contributed by atoms with Crippen molar-refractivity contribution in [2.75, 3.05) is 24.5 Å². The SMILES string of the molecule is O=C(O)CN1C(=O)S/C(=C/c2ccc(N3CCCCC3)cc2F)C1=O. The molecule has 0 radical (unpaired) electrons. The highest BCUT2D eigenvalue weighted by Crippen LogP contribution is 2.33. The van der Waals surface area contributed by atoms with Crippen LogP contribution in [0.5, 0.6) is 0 Å². The van der Waals surface area contributed by atoms with Crippen LogP contribution in [-0.4, -0.2) is 46.8 Å². The number of nitrogens with zero attached hydrogens (tertiary/aromatic N) is 2. The van der Waals surface area contributed by atoms with E-state index in [0.29, 0.717) is 16.7 Å². The number of carboxylic acid groups (broad SMARTS) is 1.